The van der Waals surface area contributed by atoms with Gasteiger partial charge in [-0.3, -0.25) is 0 Å². The van der Waals surface area contributed by atoms with E-state index in [9.17, 15) is 9.18 Å². The number of benzene rings is 1. The normalized spacial score (nSPS) is 12.2. The van der Waals surface area contributed by atoms with Crippen molar-refractivity contribution in [3.05, 3.63) is 35.1 Å². The zero-order valence-corrected chi connectivity index (χ0v) is 9.65. The number of nitrogens with two attached hydrogens (primary N) is 1. The quantitative estimate of drug-likeness (QED) is 0.824. The van der Waals surface area contributed by atoms with Crippen LogP contribution in [0.25, 0.3) is 0 Å². The van der Waals surface area contributed by atoms with Crippen molar-refractivity contribution in [2.75, 3.05) is 0 Å². The van der Waals surface area contributed by atoms with Crippen LogP contribution >= 0.6 is 0 Å². The SMILES string of the molecule is CC(CCc1ccc(F)cc1CO)OC(N)=O. The van der Waals surface area contributed by atoms with Gasteiger partial charge in [0.15, 0.2) is 0 Å². The molecule has 0 bridgehead atoms. The standard InChI is InChI=1S/C12H16FNO3/c1-8(17-12(14)16)2-3-9-4-5-11(13)6-10(9)7-15/h4-6,8,15H,2-3,7H2,1H3,(H2,14,16). The van der Waals surface area contributed by atoms with Crippen LogP contribution in [0.3, 0.4) is 0 Å². The molecule has 1 aromatic rings. The van der Waals surface area contributed by atoms with E-state index < -0.39 is 6.09 Å². The largest absolute Gasteiger partial charge is 0.447 e. The fraction of sp³-hybridized carbons (Fsp3) is 0.417. The number of rotatable bonds is 5. The molecule has 0 aliphatic carbocycles. The third-order valence-corrected chi connectivity index (χ3v) is 2.48. The van der Waals surface area contributed by atoms with Gasteiger partial charge in [-0.05, 0) is 43.0 Å². The molecule has 3 N–H and O–H groups in total. The topological polar surface area (TPSA) is 72.6 Å². The Morgan fingerprint density at radius 3 is 2.82 bits per heavy atom. The zero-order chi connectivity index (χ0) is 12.8. The molecule has 0 saturated heterocycles. The summed E-state index contributed by atoms with van der Waals surface area (Å²) in [5.41, 5.74) is 6.28. The molecule has 0 radical (unpaired) electrons. The van der Waals surface area contributed by atoms with Gasteiger partial charge in [0.2, 0.25) is 0 Å². The summed E-state index contributed by atoms with van der Waals surface area (Å²) in [6.07, 6.45) is 0.0507. The highest BCUT2D eigenvalue weighted by Crippen LogP contribution is 2.15. The minimum absolute atomic E-state index is 0.210. The molecule has 4 nitrogen and oxygen atoms in total. The van der Waals surface area contributed by atoms with Crippen molar-refractivity contribution >= 4 is 6.09 Å². The Balaban J connectivity index is 2.59. The first-order valence-electron chi connectivity index (χ1n) is 5.37. The fourth-order valence-electron chi connectivity index (χ4n) is 1.60. The average molecular weight is 241 g/mol. The molecule has 0 aromatic heterocycles. The summed E-state index contributed by atoms with van der Waals surface area (Å²) in [6, 6.07) is 4.26. The van der Waals surface area contributed by atoms with Crippen molar-refractivity contribution in [2.45, 2.75) is 32.5 Å². The lowest BCUT2D eigenvalue weighted by Crippen LogP contribution is -2.20. The molecule has 0 heterocycles. The maximum atomic E-state index is 12.9. The molecule has 1 amide bonds. The van der Waals surface area contributed by atoms with Gasteiger partial charge in [0.05, 0.1) is 6.61 Å². The first kappa shape index (κ1) is 13.4. The van der Waals surface area contributed by atoms with Crippen LogP contribution in [0.2, 0.25) is 0 Å². The van der Waals surface area contributed by atoms with E-state index in [0.29, 0.717) is 18.4 Å². The first-order valence-corrected chi connectivity index (χ1v) is 5.37. The van der Waals surface area contributed by atoms with Gasteiger partial charge in [-0.15, -0.1) is 0 Å². The van der Waals surface area contributed by atoms with Crippen LogP contribution in [0, 0.1) is 5.82 Å². The van der Waals surface area contributed by atoms with Gasteiger partial charge in [0.25, 0.3) is 0 Å². The van der Waals surface area contributed by atoms with Crippen LogP contribution in [-0.2, 0) is 17.8 Å². The Morgan fingerprint density at radius 1 is 1.53 bits per heavy atom. The highest BCUT2D eigenvalue weighted by Gasteiger charge is 2.09. The molecule has 1 aromatic carbocycles. The van der Waals surface area contributed by atoms with Gasteiger partial charge >= 0.3 is 6.09 Å². The third kappa shape index (κ3) is 4.40. The molecule has 94 valence electrons. The van der Waals surface area contributed by atoms with E-state index in [1.165, 1.54) is 12.1 Å². The van der Waals surface area contributed by atoms with Crippen molar-refractivity contribution in [2.24, 2.45) is 5.73 Å². The third-order valence-electron chi connectivity index (χ3n) is 2.48. The molecular weight excluding hydrogens is 225 g/mol. The van der Waals surface area contributed by atoms with Gasteiger partial charge in [0.1, 0.15) is 11.9 Å². The molecule has 0 spiro atoms. The Hall–Kier alpha value is -1.62. The van der Waals surface area contributed by atoms with Crippen LogP contribution in [0.15, 0.2) is 18.2 Å². The highest BCUT2D eigenvalue weighted by molar-refractivity contribution is 5.64. The van der Waals surface area contributed by atoms with E-state index in [4.69, 9.17) is 15.6 Å². The molecule has 0 aliphatic rings. The maximum absolute atomic E-state index is 12.9. The number of carbonyl (C=O) groups is 1. The molecule has 17 heavy (non-hydrogen) atoms. The van der Waals surface area contributed by atoms with Gasteiger partial charge < -0.3 is 15.6 Å². The summed E-state index contributed by atoms with van der Waals surface area (Å²) in [5, 5.41) is 9.08. The lowest BCUT2D eigenvalue weighted by Gasteiger charge is -2.12. The smallest absolute Gasteiger partial charge is 0.404 e. The monoisotopic (exact) mass is 241 g/mol. The minimum atomic E-state index is -0.806. The Kier molecular flexibility index (Phi) is 4.90. The van der Waals surface area contributed by atoms with Crippen molar-refractivity contribution in [3.8, 4) is 0 Å². The second-order valence-electron chi connectivity index (χ2n) is 3.86. The Labute approximate surface area is 99.2 Å². The summed E-state index contributed by atoms with van der Waals surface area (Å²) >= 11 is 0. The molecule has 0 saturated carbocycles. The van der Waals surface area contributed by atoms with Gasteiger partial charge in [0, 0.05) is 0 Å². The zero-order valence-electron chi connectivity index (χ0n) is 9.65. The summed E-state index contributed by atoms with van der Waals surface area (Å²) < 4.78 is 17.7. The highest BCUT2D eigenvalue weighted by atomic mass is 19.1. The number of hydrogen-bond acceptors (Lipinski definition) is 3. The summed E-state index contributed by atoms with van der Waals surface area (Å²) in [7, 11) is 0. The van der Waals surface area contributed by atoms with Crippen LogP contribution in [0.5, 0.6) is 0 Å². The maximum Gasteiger partial charge on any atom is 0.404 e. The number of primary amides is 1. The number of halogens is 1. The van der Waals surface area contributed by atoms with Crippen molar-refractivity contribution < 1.29 is 19.0 Å². The molecule has 0 aliphatic heterocycles. The van der Waals surface area contributed by atoms with Crippen LogP contribution in [-0.4, -0.2) is 17.3 Å². The second kappa shape index (κ2) is 6.20. The van der Waals surface area contributed by atoms with E-state index in [0.717, 1.165) is 5.56 Å². The van der Waals surface area contributed by atoms with E-state index in [2.05, 4.69) is 0 Å². The van der Waals surface area contributed by atoms with Crippen molar-refractivity contribution in [1.29, 1.82) is 0 Å². The van der Waals surface area contributed by atoms with E-state index >= 15 is 0 Å². The van der Waals surface area contributed by atoms with Crippen molar-refractivity contribution in [3.63, 3.8) is 0 Å². The van der Waals surface area contributed by atoms with E-state index in [-0.39, 0.29) is 18.5 Å². The molecule has 1 rings (SSSR count). The van der Waals surface area contributed by atoms with E-state index in [1.54, 1.807) is 13.0 Å². The van der Waals surface area contributed by atoms with Crippen LogP contribution in [0.4, 0.5) is 9.18 Å². The number of aliphatic hydroxyl groups excluding tert-OH is 1. The number of aryl methyl sites for hydroxylation is 1. The van der Waals surface area contributed by atoms with Gasteiger partial charge in [-0.25, -0.2) is 9.18 Å². The van der Waals surface area contributed by atoms with E-state index in [1.807, 2.05) is 0 Å². The summed E-state index contributed by atoms with van der Waals surface area (Å²) in [5.74, 6) is -0.376. The predicted octanol–water partition coefficient (Wildman–Crippen LogP) is 1.73. The number of amides is 1. The second-order valence-corrected chi connectivity index (χ2v) is 3.86. The van der Waals surface area contributed by atoms with Gasteiger partial charge in [-0.2, -0.15) is 0 Å². The predicted molar refractivity (Wildman–Crippen MR) is 60.8 cm³/mol. The fourth-order valence-corrected chi connectivity index (χ4v) is 1.60. The van der Waals surface area contributed by atoms with Crippen LogP contribution < -0.4 is 5.73 Å². The van der Waals surface area contributed by atoms with Gasteiger partial charge in [-0.1, -0.05) is 6.07 Å². The number of carbonyl (C=O) groups excluding carboxylic acids is 1. The first-order chi connectivity index (χ1) is 8.02. The Bertz CT molecular complexity index is 395. The molecule has 5 heteroatoms. The molecule has 0 fully saturated rings. The Morgan fingerprint density at radius 2 is 2.24 bits per heavy atom. The average Bonchev–Trinajstić information content (AvgIpc) is 2.26. The van der Waals surface area contributed by atoms with Crippen LogP contribution in [0.1, 0.15) is 24.5 Å². The molecule has 1 unspecified atom stereocenters. The molecular formula is C12H16FNO3. The lowest BCUT2D eigenvalue weighted by atomic mass is 10.0. The lowest BCUT2D eigenvalue weighted by molar-refractivity contribution is 0.111. The van der Waals surface area contributed by atoms with Crippen molar-refractivity contribution in [1.82, 2.24) is 0 Å². The summed E-state index contributed by atoms with van der Waals surface area (Å²) in [4.78, 5) is 10.5. The minimum Gasteiger partial charge on any atom is -0.447 e. The molecule has 1 atom stereocenters. The number of aliphatic hydroxyl groups is 1. The number of hydrogen-bond donors (Lipinski definition) is 2. The number of ether oxygens (including phenoxy) is 1. The summed E-state index contributed by atoms with van der Waals surface area (Å²) in [6.45, 7) is 1.52.